The van der Waals surface area contributed by atoms with Crippen molar-refractivity contribution in [1.82, 2.24) is 0 Å². The zero-order valence-electron chi connectivity index (χ0n) is 14.1. The number of anilines is 2. The molecule has 0 aliphatic heterocycles. The molecule has 134 valence electrons. The maximum atomic E-state index is 12.5. The summed E-state index contributed by atoms with van der Waals surface area (Å²) in [5.74, 6) is -1.09. The van der Waals surface area contributed by atoms with Crippen molar-refractivity contribution in [2.24, 2.45) is 0 Å². The Kier molecular flexibility index (Phi) is 5.22. The fourth-order valence-corrected chi connectivity index (χ4v) is 2.43. The van der Waals surface area contributed by atoms with Gasteiger partial charge in [-0.3, -0.25) is 19.7 Å². The summed E-state index contributed by atoms with van der Waals surface area (Å²) >= 11 is 0. The summed E-state index contributed by atoms with van der Waals surface area (Å²) < 4.78 is 0. The van der Waals surface area contributed by atoms with Gasteiger partial charge in [-0.05, 0) is 30.3 Å². The molecule has 0 bridgehead atoms. The van der Waals surface area contributed by atoms with Gasteiger partial charge in [0.1, 0.15) is 0 Å². The molecular formula is C20H15N3O4. The van der Waals surface area contributed by atoms with Crippen LogP contribution in [0.2, 0.25) is 0 Å². The Hall–Kier alpha value is -4.00. The molecule has 0 heterocycles. The number of non-ortho nitro benzene ring substituents is 1. The summed E-state index contributed by atoms with van der Waals surface area (Å²) in [4.78, 5) is 35.5. The number of nitro groups is 1. The van der Waals surface area contributed by atoms with Crippen molar-refractivity contribution in [2.75, 3.05) is 10.6 Å². The van der Waals surface area contributed by atoms with Gasteiger partial charge in [-0.1, -0.05) is 36.4 Å². The van der Waals surface area contributed by atoms with E-state index in [0.717, 1.165) is 12.1 Å². The molecule has 0 atom stereocenters. The first-order chi connectivity index (χ1) is 13.0. The normalized spacial score (nSPS) is 10.1. The van der Waals surface area contributed by atoms with E-state index >= 15 is 0 Å². The fraction of sp³-hybridized carbons (Fsp3) is 0. The third-order valence-electron chi connectivity index (χ3n) is 3.72. The number of carbonyl (C=O) groups excluding carboxylic acids is 2. The van der Waals surface area contributed by atoms with Gasteiger partial charge in [0, 0.05) is 34.6 Å². The van der Waals surface area contributed by atoms with Crippen molar-refractivity contribution >= 4 is 28.9 Å². The molecule has 3 rings (SSSR count). The van der Waals surface area contributed by atoms with E-state index in [1.54, 1.807) is 60.7 Å². The summed E-state index contributed by atoms with van der Waals surface area (Å²) in [7, 11) is 0. The van der Waals surface area contributed by atoms with Crippen LogP contribution in [0.3, 0.4) is 0 Å². The van der Waals surface area contributed by atoms with Crippen molar-refractivity contribution in [1.29, 1.82) is 0 Å². The Morgan fingerprint density at radius 1 is 0.704 bits per heavy atom. The van der Waals surface area contributed by atoms with Gasteiger partial charge >= 0.3 is 0 Å². The lowest BCUT2D eigenvalue weighted by Crippen LogP contribution is -2.16. The average molecular weight is 361 g/mol. The number of benzene rings is 3. The van der Waals surface area contributed by atoms with Gasteiger partial charge in [0.25, 0.3) is 17.5 Å². The second-order valence-corrected chi connectivity index (χ2v) is 5.67. The van der Waals surface area contributed by atoms with Crippen LogP contribution in [0.4, 0.5) is 17.1 Å². The minimum Gasteiger partial charge on any atom is -0.322 e. The predicted molar refractivity (Wildman–Crippen MR) is 102 cm³/mol. The maximum absolute atomic E-state index is 12.5. The summed E-state index contributed by atoms with van der Waals surface area (Å²) in [6.45, 7) is 0. The SMILES string of the molecule is O=C(Nc1ccccc1)c1cc(C(=O)Nc2ccccc2)cc([N+](=O)[O-])c1. The van der Waals surface area contributed by atoms with E-state index in [0.29, 0.717) is 11.4 Å². The first-order valence-electron chi connectivity index (χ1n) is 8.05. The monoisotopic (exact) mass is 361 g/mol. The van der Waals surface area contributed by atoms with Crippen LogP contribution in [-0.2, 0) is 0 Å². The molecule has 0 unspecified atom stereocenters. The molecule has 0 fully saturated rings. The van der Waals surface area contributed by atoms with Gasteiger partial charge in [0.05, 0.1) is 4.92 Å². The number of para-hydroxylation sites is 2. The summed E-state index contributed by atoms with van der Waals surface area (Å²) in [6, 6.07) is 21.0. The van der Waals surface area contributed by atoms with Gasteiger partial charge in [0.15, 0.2) is 0 Å². The zero-order chi connectivity index (χ0) is 19.2. The van der Waals surface area contributed by atoms with Crippen LogP contribution in [0.15, 0.2) is 78.9 Å². The quantitative estimate of drug-likeness (QED) is 0.527. The molecule has 7 nitrogen and oxygen atoms in total. The molecule has 27 heavy (non-hydrogen) atoms. The lowest BCUT2D eigenvalue weighted by Gasteiger charge is -2.08. The molecule has 3 aromatic carbocycles. The molecule has 0 aromatic heterocycles. The van der Waals surface area contributed by atoms with E-state index in [-0.39, 0.29) is 16.8 Å². The molecule has 2 N–H and O–H groups in total. The molecule has 7 heteroatoms. The molecule has 0 radical (unpaired) electrons. The number of nitrogens with zero attached hydrogens (tertiary/aromatic N) is 1. The smallest absolute Gasteiger partial charge is 0.271 e. The van der Waals surface area contributed by atoms with E-state index < -0.39 is 16.7 Å². The standard InChI is InChI=1S/C20H15N3O4/c24-19(21-16-7-3-1-4-8-16)14-11-15(13-18(12-14)23(26)27)20(25)22-17-9-5-2-6-10-17/h1-13H,(H,21,24)(H,22,25). The van der Waals surface area contributed by atoms with Crippen LogP contribution in [-0.4, -0.2) is 16.7 Å². The van der Waals surface area contributed by atoms with E-state index in [9.17, 15) is 19.7 Å². The molecule has 2 amide bonds. The summed E-state index contributed by atoms with van der Waals surface area (Å²) in [6.07, 6.45) is 0. The van der Waals surface area contributed by atoms with Crippen molar-refractivity contribution in [3.05, 3.63) is 100 Å². The Bertz CT molecular complexity index is 917. The van der Waals surface area contributed by atoms with Crippen LogP contribution in [0, 0.1) is 10.1 Å². The Morgan fingerprint density at radius 2 is 1.11 bits per heavy atom. The van der Waals surface area contributed by atoms with Crippen molar-refractivity contribution < 1.29 is 14.5 Å². The highest BCUT2D eigenvalue weighted by Gasteiger charge is 2.18. The highest BCUT2D eigenvalue weighted by molar-refractivity contribution is 6.09. The maximum Gasteiger partial charge on any atom is 0.271 e. The van der Waals surface area contributed by atoms with E-state index in [1.165, 1.54) is 6.07 Å². The van der Waals surface area contributed by atoms with Crippen LogP contribution < -0.4 is 10.6 Å². The number of nitrogens with one attached hydrogen (secondary N) is 2. The molecule has 0 spiro atoms. The van der Waals surface area contributed by atoms with Gasteiger partial charge in [-0.15, -0.1) is 0 Å². The largest absolute Gasteiger partial charge is 0.322 e. The van der Waals surface area contributed by atoms with Gasteiger partial charge in [-0.2, -0.15) is 0 Å². The van der Waals surface area contributed by atoms with Gasteiger partial charge in [0.2, 0.25) is 0 Å². The predicted octanol–water partition coefficient (Wildman–Crippen LogP) is 4.10. The molecule has 0 saturated carbocycles. The van der Waals surface area contributed by atoms with Crippen molar-refractivity contribution in [3.63, 3.8) is 0 Å². The van der Waals surface area contributed by atoms with Gasteiger partial charge in [-0.25, -0.2) is 0 Å². The summed E-state index contributed by atoms with van der Waals surface area (Å²) in [5, 5.41) is 16.5. The van der Waals surface area contributed by atoms with E-state index in [4.69, 9.17) is 0 Å². The zero-order valence-corrected chi connectivity index (χ0v) is 14.1. The first kappa shape index (κ1) is 17.8. The topological polar surface area (TPSA) is 101 Å². The fourth-order valence-electron chi connectivity index (χ4n) is 2.43. The second-order valence-electron chi connectivity index (χ2n) is 5.67. The third-order valence-corrected chi connectivity index (χ3v) is 3.72. The first-order valence-corrected chi connectivity index (χ1v) is 8.05. The molecule has 0 aliphatic carbocycles. The highest BCUT2D eigenvalue weighted by atomic mass is 16.6. The van der Waals surface area contributed by atoms with Gasteiger partial charge < -0.3 is 10.6 Å². The van der Waals surface area contributed by atoms with Crippen molar-refractivity contribution in [2.45, 2.75) is 0 Å². The lowest BCUT2D eigenvalue weighted by molar-refractivity contribution is -0.384. The van der Waals surface area contributed by atoms with Crippen LogP contribution in [0.5, 0.6) is 0 Å². The average Bonchev–Trinajstić information content (AvgIpc) is 2.69. The second kappa shape index (κ2) is 7.92. The van der Waals surface area contributed by atoms with Crippen molar-refractivity contribution in [3.8, 4) is 0 Å². The van der Waals surface area contributed by atoms with E-state index in [1.807, 2.05) is 0 Å². The van der Waals surface area contributed by atoms with Crippen LogP contribution >= 0.6 is 0 Å². The number of rotatable bonds is 5. The molecule has 0 saturated heterocycles. The Labute approximate surface area is 154 Å². The number of carbonyl (C=O) groups is 2. The molecular weight excluding hydrogens is 346 g/mol. The highest BCUT2D eigenvalue weighted by Crippen LogP contribution is 2.20. The lowest BCUT2D eigenvalue weighted by atomic mass is 10.1. The number of nitro benzene ring substituents is 1. The number of hydrogen-bond donors (Lipinski definition) is 2. The van der Waals surface area contributed by atoms with Crippen LogP contribution in [0.1, 0.15) is 20.7 Å². The third kappa shape index (κ3) is 4.55. The number of hydrogen-bond acceptors (Lipinski definition) is 4. The minimum atomic E-state index is -0.640. The molecule has 3 aromatic rings. The Morgan fingerprint density at radius 3 is 1.48 bits per heavy atom. The Balaban J connectivity index is 1.89. The number of amides is 2. The summed E-state index contributed by atoms with van der Waals surface area (Å²) in [5.41, 5.74) is 0.792. The molecule has 0 aliphatic rings. The minimum absolute atomic E-state index is 0.0197. The van der Waals surface area contributed by atoms with E-state index in [2.05, 4.69) is 10.6 Å². The van der Waals surface area contributed by atoms with Crippen LogP contribution in [0.25, 0.3) is 0 Å².